The summed E-state index contributed by atoms with van der Waals surface area (Å²) in [6, 6.07) is 5.10. The molecule has 1 aromatic rings. The van der Waals surface area contributed by atoms with Gasteiger partial charge >= 0.3 is 0 Å². The molecule has 98 valence electrons. The number of nitrogens with zero attached hydrogens (tertiary/aromatic N) is 1. The van der Waals surface area contributed by atoms with Crippen molar-refractivity contribution >= 4 is 27.3 Å². The Morgan fingerprint density at radius 3 is 2.83 bits per heavy atom. The topological polar surface area (TPSA) is 67.2 Å². The van der Waals surface area contributed by atoms with Crippen molar-refractivity contribution in [2.45, 2.75) is 12.8 Å². The van der Waals surface area contributed by atoms with Crippen LogP contribution in [0.15, 0.2) is 22.7 Å². The number of piperidine rings is 1. The van der Waals surface area contributed by atoms with Gasteiger partial charge in [-0.2, -0.15) is 0 Å². The first kappa shape index (κ1) is 13.3. The molecular formula is C12H16BrN3O2. The van der Waals surface area contributed by atoms with Gasteiger partial charge in [-0.25, -0.2) is 0 Å². The van der Waals surface area contributed by atoms with Crippen LogP contribution in [-0.4, -0.2) is 24.6 Å². The molecule has 2 N–H and O–H groups in total. The van der Waals surface area contributed by atoms with E-state index in [1.807, 2.05) is 6.07 Å². The fourth-order valence-electron chi connectivity index (χ4n) is 2.15. The molecule has 5 nitrogen and oxygen atoms in total. The van der Waals surface area contributed by atoms with Crippen molar-refractivity contribution in [3.05, 3.63) is 32.8 Å². The maximum Gasteiger partial charge on any atom is 0.293 e. The van der Waals surface area contributed by atoms with Gasteiger partial charge in [-0.1, -0.05) is 15.9 Å². The summed E-state index contributed by atoms with van der Waals surface area (Å²) < 4.78 is 0.724. The minimum atomic E-state index is -0.352. The van der Waals surface area contributed by atoms with Gasteiger partial charge in [0.15, 0.2) is 0 Å². The Labute approximate surface area is 114 Å². The molecule has 18 heavy (non-hydrogen) atoms. The lowest BCUT2D eigenvalue weighted by Crippen LogP contribution is -2.31. The molecule has 6 heteroatoms. The second-order valence-electron chi connectivity index (χ2n) is 4.49. The van der Waals surface area contributed by atoms with Gasteiger partial charge in [-0.3, -0.25) is 10.1 Å². The van der Waals surface area contributed by atoms with Crippen molar-refractivity contribution < 1.29 is 4.92 Å². The number of hydrogen-bond donors (Lipinski definition) is 2. The third-order valence-corrected chi connectivity index (χ3v) is 3.69. The van der Waals surface area contributed by atoms with E-state index in [0.717, 1.165) is 36.9 Å². The van der Waals surface area contributed by atoms with E-state index < -0.39 is 0 Å². The first-order valence-electron chi connectivity index (χ1n) is 6.05. The van der Waals surface area contributed by atoms with Crippen LogP contribution in [0.4, 0.5) is 11.4 Å². The minimum absolute atomic E-state index is 0.123. The smallest absolute Gasteiger partial charge is 0.293 e. The Balaban J connectivity index is 2.01. The highest BCUT2D eigenvalue weighted by molar-refractivity contribution is 9.10. The van der Waals surface area contributed by atoms with Crippen LogP contribution in [0.3, 0.4) is 0 Å². The molecule has 0 spiro atoms. The number of benzene rings is 1. The lowest BCUT2D eigenvalue weighted by Gasteiger charge is -2.23. The van der Waals surface area contributed by atoms with Crippen LogP contribution in [0.1, 0.15) is 12.8 Å². The van der Waals surface area contributed by atoms with Crippen LogP contribution in [0.25, 0.3) is 0 Å². The molecule has 1 aliphatic rings. The van der Waals surface area contributed by atoms with E-state index in [-0.39, 0.29) is 10.6 Å². The number of halogens is 1. The molecule has 0 bridgehead atoms. The van der Waals surface area contributed by atoms with Gasteiger partial charge in [0, 0.05) is 17.1 Å². The molecule has 0 atom stereocenters. The predicted octanol–water partition coefficient (Wildman–Crippen LogP) is 2.77. The predicted molar refractivity (Wildman–Crippen MR) is 74.9 cm³/mol. The molecule has 1 aliphatic heterocycles. The van der Waals surface area contributed by atoms with Crippen molar-refractivity contribution in [3.8, 4) is 0 Å². The Kier molecular flexibility index (Phi) is 4.54. The maximum absolute atomic E-state index is 11.0. The van der Waals surface area contributed by atoms with Crippen LogP contribution in [0, 0.1) is 16.0 Å². The fraction of sp³-hybridized carbons (Fsp3) is 0.500. The van der Waals surface area contributed by atoms with E-state index in [9.17, 15) is 10.1 Å². The Bertz CT molecular complexity index is 433. The third kappa shape index (κ3) is 3.43. The SMILES string of the molecule is O=[N+]([O-])c1cc(Br)ccc1NCC1CCNCC1. The Morgan fingerprint density at radius 2 is 2.17 bits per heavy atom. The molecule has 1 aromatic carbocycles. The zero-order chi connectivity index (χ0) is 13.0. The number of nitro groups is 1. The molecule has 0 radical (unpaired) electrons. The second kappa shape index (κ2) is 6.15. The van der Waals surface area contributed by atoms with Gasteiger partial charge in [0.25, 0.3) is 5.69 Å². The third-order valence-electron chi connectivity index (χ3n) is 3.20. The van der Waals surface area contributed by atoms with Crippen molar-refractivity contribution in [2.75, 3.05) is 25.0 Å². The largest absolute Gasteiger partial charge is 0.379 e. The first-order valence-corrected chi connectivity index (χ1v) is 6.84. The zero-order valence-electron chi connectivity index (χ0n) is 9.99. The van der Waals surface area contributed by atoms with Gasteiger partial charge in [-0.15, -0.1) is 0 Å². The molecule has 0 aliphatic carbocycles. The minimum Gasteiger partial charge on any atom is -0.379 e. The van der Waals surface area contributed by atoms with E-state index in [1.54, 1.807) is 6.07 Å². The quantitative estimate of drug-likeness (QED) is 0.662. The van der Waals surface area contributed by atoms with Crippen molar-refractivity contribution in [3.63, 3.8) is 0 Å². The normalized spacial score (nSPS) is 16.5. The number of rotatable bonds is 4. The van der Waals surface area contributed by atoms with Crippen molar-refractivity contribution in [1.82, 2.24) is 5.32 Å². The van der Waals surface area contributed by atoms with E-state index >= 15 is 0 Å². The van der Waals surface area contributed by atoms with E-state index in [4.69, 9.17) is 0 Å². The highest BCUT2D eigenvalue weighted by Crippen LogP contribution is 2.28. The van der Waals surface area contributed by atoms with Gasteiger partial charge in [0.1, 0.15) is 5.69 Å². The van der Waals surface area contributed by atoms with Crippen LogP contribution in [0.5, 0.6) is 0 Å². The average Bonchev–Trinajstić information content (AvgIpc) is 2.38. The molecule has 1 fully saturated rings. The van der Waals surface area contributed by atoms with E-state index in [2.05, 4.69) is 26.6 Å². The van der Waals surface area contributed by atoms with Gasteiger partial charge in [0.2, 0.25) is 0 Å². The van der Waals surface area contributed by atoms with Gasteiger partial charge in [0.05, 0.1) is 4.92 Å². The first-order chi connectivity index (χ1) is 8.66. The molecule has 0 aromatic heterocycles. The van der Waals surface area contributed by atoms with Crippen LogP contribution < -0.4 is 10.6 Å². The summed E-state index contributed by atoms with van der Waals surface area (Å²) in [6.45, 7) is 2.87. The summed E-state index contributed by atoms with van der Waals surface area (Å²) >= 11 is 3.25. The molecule has 1 heterocycles. The van der Waals surface area contributed by atoms with E-state index in [0.29, 0.717) is 11.6 Å². The number of hydrogen-bond acceptors (Lipinski definition) is 4. The molecule has 0 amide bonds. The van der Waals surface area contributed by atoms with Gasteiger partial charge < -0.3 is 10.6 Å². The van der Waals surface area contributed by atoms with Crippen molar-refractivity contribution in [1.29, 1.82) is 0 Å². The highest BCUT2D eigenvalue weighted by atomic mass is 79.9. The van der Waals surface area contributed by atoms with Gasteiger partial charge in [-0.05, 0) is 44.0 Å². The maximum atomic E-state index is 11.0. The molecule has 0 saturated carbocycles. The second-order valence-corrected chi connectivity index (χ2v) is 5.41. The summed E-state index contributed by atoms with van der Waals surface area (Å²) in [5, 5.41) is 17.5. The summed E-state index contributed by atoms with van der Waals surface area (Å²) in [4.78, 5) is 10.6. The van der Waals surface area contributed by atoms with Crippen LogP contribution in [0.2, 0.25) is 0 Å². The Hall–Kier alpha value is -1.14. The average molecular weight is 314 g/mol. The highest BCUT2D eigenvalue weighted by Gasteiger charge is 2.17. The Morgan fingerprint density at radius 1 is 1.44 bits per heavy atom. The molecule has 0 unspecified atom stereocenters. The number of anilines is 1. The summed E-state index contributed by atoms with van der Waals surface area (Å²) in [5.74, 6) is 0.592. The number of nitrogens with one attached hydrogen (secondary N) is 2. The summed E-state index contributed by atoms with van der Waals surface area (Å²) in [5.41, 5.74) is 0.722. The fourth-order valence-corrected chi connectivity index (χ4v) is 2.49. The summed E-state index contributed by atoms with van der Waals surface area (Å²) in [6.07, 6.45) is 2.24. The lowest BCUT2D eigenvalue weighted by atomic mass is 9.98. The standard InChI is InChI=1S/C12H16BrN3O2/c13-10-1-2-11(12(7-10)16(17)18)15-8-9-3-5-14-6-4-9/h1-2,7,9,14-15H,3-6,8H2. The van der Waals surface area contributed by atoms with E-state index in [1.165, 1.54) is 6.07 Å². The zero-order valence-corrected chi connectivity index (χ0v) is 11.6. The summed E-state index contributed by atoms with van der Waals surface area (Å²) in [7, 11) is 0. The van der Waals surface area contributed by atoms with Crippen molar-refractivity contribution in [2.24, 2.45) is 5.92 Å². The van der Waals surface area contributed by atoms with Crippen LogP contribution >= 0.6 is 15.9 Å². The monoisotopic (exact) mass is 313 g/mol. The molecule has 2 rings (SSSR count). The molecule has 1 saturated heterocycles. The lowest BCUT2D eigenvalue weighted by molar-refractivity contribution is -0.384. The number of nitro benzene ring substituents is 1. The van der Waals surface area contributed by atoms with Crippen LogP contribution in [-0.2, 0) is 0 Å². The molecular weight excluding hydrogens is 298 g/mol.